The molecule has 0 saturated carbocycles. The van der Waals surface area contributed by atoms with Gasteiger partial charge >= 0.3 is 0 Å². The summed E-state index contributed by atoms with van der Waals surface area (Å²) in [5.41, 5.74) is 2.57. The van der Waals surface area contributed by atoms with Crippen LogP contribution in [0.4, 0.5) is 0 Å². The second-order valence-corrected chi connectivity index (χ2v) is 3.67. The van der Waals surface area contributed by atoms with E-state index in [1.54, 1.807) is 7.11 Å². The number of hydrogen-bond donors (Lipinski definition) is 0. The number of methoxy groups -OCH3 is 1. The molecule has 0 amide bonds. The molecule has 0 heterocycles. The summed E-state index contributed by atoms with van der Waals surface area (Å²) in [5.74, 6) is 1.10. The highest BCUT2D eigenvalue weighted by Crippen LogP contribution is 2.31. The van der Waals surface area contributed by atoms with Crippen LogP contribution in [0.15, 0.2) is 18.2 Å². The quantitative estimate of drug-likeness (QED) is 0.676. The van der Waals surface area contributed by atoms with Crippen LogP contribution in [-0.2, 0) is 12.8 Å². The summed E-state index contributed by atoms with van der Waals surface area (Å²) < 4.78 is 5.30. The summed E-state index contributed by atoms with van der Waals surface area (Å²) in [6, 6.07) is 8.46. The highest BCUT2D eigenvalue weighted by atomic mass is 16.5. The van der Waals surface area contributed by atoms with E-state index in [1.165, 1.54) is 11.1 Å². The van der Waals surface area contributed by atoms with Gasteiger partial charge in [0.15, 0.2) is 0 Å². The third kappa shape index (κ3) is 1.46. The summed E-state index contributed by atoms with van der Waals surface area (Å²) in [6.07, 6.45) is 2.83. The number of benzene rings is 1. The van der Waals surface area contributed by atoms with E-state index in [4.69, 9.17) is 10.00 Å². The number of nitrogens with zero attached hydrogens (tertiary/aromatic N) is 1. The fourth-order valence-corrected chi connectivity index (χ4v) is 2.06. The van der Waals surface area contributed by atoms with Crippen molar-refractivity contribution in [1.82, 2.24) is 0 Å². The minimum atomic E-state index is 0.166. The summed E-state index contributed by atoms with van der Waals surface area (Å²) in [5, 5.41) is 8.89. The van der Waals surface area contributed by atoms with E-state index in [1.807, 2.05) is 12.1 Å². The average Bonchev–Trinajstić information content (AvgIpc) is 2.27. The molecule has 0 N–H and O–H groups in total. The lowest BCUT2D eigenvalue weighted by atomic mass is 9.84. The highest BCUT2D eigenvalue weighted by molar-refractivity contribution is 5.42. The zero-order valence-electron chi connectivity index (χ0n) is 8.29. The van der Waals surface area contributed by atoms with Gasteiger partial charge < -0.3 is 4.74 Å². The molecule has 2 rings (SSSR count). The van der Waals surface area contributed by atoms with Crippen molar-refractivity contribution in [2.45, 2.75) is 19.3 Å². The van der Waals surface area contributed by atoms with E-state index < -0.39 is 0 Å². The standard InChI is InChI=1S/C12H13NO/c1-14-12-4-2-3-10-6-5-9(8-13)7-11(10)12/h2-4,9H,5-7H2,1H3. The molecule has 2 heteroatoms. The maximum atomic E-state index is 8.89. The molecule has 72 valence electrons. The smallest absolute Gasteiger partial charge is 0.122 e. The van der Waals surface area contributed by atoms with Crippen LogP contribution in [0.1, 0.15) is 17.5 Å². The monoisotopic (exact) mass is 187 g/mol. The zero-order chi connectivity index (χ0) is 9.97. The Balaban J connectivity index is 2.38. The van der Waals surface area contributed by atoms with Crippen molar-refractivity contribution >= 4 is 0 Å². The predicted octanol–water partition coefficient (Wildman–Crippen LogP) is 2.32. The molecule has 1 aliphatic carbocycles. The van der Waals surface area contributed by atoms with Gasteiger partial charge in [0.05, 0.1) is 19.1 Å². The Bertz CT molecular complexity index is 364. The van der Waals surface area contributed by atoms with Crippen molar-refractivity contribution < 1.29 is 4.74 Å². The van der Waals surface area contributed by atoms with Crippen molar-refractivity contribution in [3.05, 3.63) is 29.3 Å². The molecule has 1 aliphatic rings. The van der Waals surface area contributed by atoms with Crippen LogP contribution in [0.2, 0.25) is 0 Å². The summed E-state index contributed by atoms with van der Waals surface area (Å²) in [7, 11) is 1.69. The molecule has 0 fully saturated rings. The van der Waals surface area contributed by atoms with Gasteiger partial charge in [-0.2, -0.15) is 5.26 Å². The molecule has 1 unspecified atom stereocenters. The van der Waals surface area contributed by atoms with Crippen LogP contribution in [-0.4, -0.2) is 7.11 Å². The van der Waals surface area contributed by atoms with Crippen LogP contribution in [0.3, 0.4) is 0 Å². The lowest BCUT2D eigenvalue weighted by molar-refractivity contribution is 0.402. The molecule has 0 radical (unpaired) electrons. The molecule has 0 spiro atoms. The fourth-order valence-electron chi connectivity index (χ4n) is 2.06. The van der Waals surface area contributed by atoms with Gasteiger partial charge in [0.2, 0.25) is 0 Å². The van der Waals surface area contributed by atoms with Crippen molar-refractivity contribution in [3.8, 4) is 11.8 Å². The van der Waals surface area contributed by atoms with Gasteiger partial charge in [-0.3, -0.25) is 0 Å². The summed E-state index contributed by atoms with van der Waals surface area (Å²) in [4.78, 5) is 0. The lowest BCUT2D eigenvalue weighted by Gasteiger charge is -2.21. The molecule has 2 nitrogen and oxygen atoms in total. The second-order valence-electron chi connectivity index (χ2n) is 3.67. The van der Waals surface area contributed by atoms with Crippen LogP contribution in [0, 0.1) is 17.2 Å². The molecule has 0 saturated heterocycles. The van der Waals surface area contributed by atoms with Gasteiger partial charge in [-0.15, -0.1) is 0 Å². The summed E-state index contributed by atoms with van der Waals surface area (Å²) >= 11 is 0. The second kappa shape index (κ2) is 3.71. The Morgan fingerprint density at radius 1 is 1.50 bits per heavy atom. The predicted molar refractivity (Wildman–Crippen MR) is 54.1 cm³/mol. The largest absolute Gasteiger partial charge is 0.496 e. The Morgan fingerprint density at radius 2 is 2.36 bits per heavy atom. The number of ether oxygens (including phenoxy) is 1. The van der Waals surface area contributed by atoms with Crippen molar-refractivity contribution in [2.75, 3.05) is 7.11 Å². The zero-order valence-corrected chi connectivity index (χ0v) is 8.29. The first-order valence-corrected chi connectivity index (χ1v) is 4.89. The molecule has 14 heavy (non-hydrogen) atoms. The molecule has 0 aromatic heterocycles. The molecule has 0 aliphatic heterocycles. The maximum Gasteiger partial charge on any atom is 0.122 e. The summed E-state index contributed by atoms with van der Waals surface area (Å²) in [6.45, 7) is 0. The number of rotatable bonds is 1. The SMILES string of the molecule is COc1cccc2c1CC(C#N)CC2. The number of nitriles is 1. The molecular formula is C12H13NO. The van der Waals surface area contributed by atoms with Gasteiger partial charge in [0.1, 0.15) is 5.75 Å². The average molecular weight is 187 g/mol. The van der Waals surface area contributed by atoms with Gasteiger partial charge in [-0.1, -0.05) is 12.1 Å². The van der Waals surface area contributed by atoms with Crippen LogP contribution < -0.4 is 4.74 Å². The third-order valence-corrected chi connectivity index (χ3v) is 2.85. The minimum Gasteiger partial charge on any atom is -0.496 e. The van der Waals surface area contributed by atoms with E-state index in [0.717, 1.165) is 25.0 Å². The first-order valence-electron chi connectivity index (χ1n) is 4.89. The lowest BCUT2D eigenvalue weighted by Crippen LogP contribution is -2.13. The number of hydrogen-bond acceptors (Lipinski definition) is 2. The van der Waals surface area contributed by atoms with Crippen molar-refractivity contribution in [2.24, 2.45) is 5.92 Å². The Hall–Kier alpha value is -1.49. The van der Waals surface area contributed by atoms with Gasteiger partial charge in [-0.25, -0.2) is 0 Å². The topological polar surface area (TPSA) is 33.0 Å². The van der Waals surface area contributed by atoms with E-state index >= 15 is 0 Å². The molecule has 1 aromatic rings. The molecule has 1 aromatic carbocycles. The van der Waals surface area contributed by atoms with Crippen molar-refractivity contribution in [1.29, 1.82) is 5.26 Å². The van der Waals surface area contributed by atoms with Crippen molar-refractivity contribution in [3.63, 3.8) is 0 Å². The van der Waals surface area contributed by atoms with Crippen LogP contribution in [0.5, 0.6) is 5.75 Å². The van der Waals surface area contributed by atoms with Gasteiger partial charge in [-0.05, 0) is 36.5 Å². The van der Waals surface area contributed by atoms with Crippen LogP contribution >= 0.6 is 0 Å². The Morgan fingerprint density at radius 3 is 3.07 bits per heavy atom. The Labute approximate surface area is 84.1 Å². The Kier molecular flexibility index (Phi) is 2.41. The van der Waals surface area contributed by atoms with E-state index in [-0.39, 0.29) is 5.92 Å². The number of aryl methyl sites for hydroxylation is 1. The highest BCUT2D eigenvalue weighted by Gasteiger charge is 2.20. The van der Waals surface area contributed by atoms with E-state index in [0.29, 0.717) is 0 Å². The van der Waals surface area contributed by atoms with E-state index in [9.17, 15) is 0 Å². The first-order chi connectivity index (χ1) is 6.85. The van der Waals surface area contributed by atoms with Gasteiger partial charge in [0.25, 0.3) is 0 Å². The number of fused-ring (bicyclic) bond motifs is 1. The fraction of sp³-hybridized carbons (Fsp3) is 0.417. The van der Waals surface area contributed by atoms with E-state index in [2.05, 4.69) is 12.1 Å². The minimum absolute atomic E-state index is 0.166. The normalized spacial score (nSPS) is 19.6. The molecule has 1 atom stereocenters. The molecule has 0 bridgehead atoms. The third-order valence-electron chi connectivity index (χ3n) is 2.85. The molecular weight excluding hydrogens is 174 g/mol. The van der Waals surface area contributed by atoms with Gasteiger partial charge in [0, 0.05) is 0 Å². The maximum absolute atomic E-state index is 8.89. The first kappa shape index (κ1) is 9.08. The van der Waals surface area contributed by atoms with Crippen LogP contribution in [0.25, 0.3) is 0 Å².